The molecule has 37 heavy (non-hydrogen) atoms. The van der Waals surface area contributed by atoms with E-state index in [0.717, 1.165) is 88.8 Å². The highest BCUT2D eigenvalue weighted by atomic mass is 14.7. The molecule has 8 aliphatic rings. The Morgan fingerprint density at radius 3 is 1.41 bits per heavy atom. The second-order valence-corrected chi connectivity index (χ2v) is 16.8. The van der Waals surface area contributed by atoms with Crippen molar-refractivity contribution in [2.75, 3.05) is 0 Å². The molecule has 14 atom stereocenters. The van der Waals surface area contributed by atoms with Crippen LogP contribution in [0.25, 0.3) is 0 Å². The topological polar surface area (TPSA) is 0 Å². The molecule has 0 bridgehead atoms. The summed E-state index contributed by atoms with van der Waals surface area (Å²) in [6, 6.07) is 0. The van der Waals surface area contributed by atoms with E-state index in [1.165, 1.54) is 0 Å². The molecule has 14 unspecified atom stereocenters. The van der Waals surface area contributed by atoms with E-state index in [-0.39, 0.29) is 0 Å². The largest absolute Gasteiger partial charge is 0.0620 e. The molecule has 8 saturated carbocycles. The van der Waals surface area contributed by atoms with Crippen molar-refractivity contribution in [3.8, 4) is 0 Å². The summed E-state index contributed by atoms with van der Waals surface area (Å²) in [4.78, 5) is 0. The van der Waals surface area contributed by atoms with E-state index in [4.69, 9.17) is 0 Å². The molecule has 0 heteroatoms. The average Bonchev–Trinajstić information content (AvgIpc) is 2.96. The third-order valence-electron chi connectivity index (χ3n) is 15.9. The molecule has 8 aliphatic carbocycles. The Balaban J connectivity index is 1.14. The van der Waals surface area contributed by atoms with E-state index in [9.17, 15) is 0 Å². The van der Waals surface area contributed by atoms with Crippen LogP contribution >= 0.6 is 0 Å². The van der Waals surface area contributed by atoms with Gasteiger partial charge in [-0.1, -0.05) is 90.4 Å². The van der Waals surface area contributed by atoms with Crippen LogP contribution in [0.4, 0.5) is 0 Å². The maximum Gasteiger partial charge on any atom is -0.0323 e. The molecule has 0 spiro atoms. The van der Waals surface area contributed by atoms with Crippen molar-refractivity contribution in [1.29, 1.82) is 0 Å². The van der Waals surface area contributed by atoms with Gasteiger partial charge in [0.1, 0.15) is 0 Å². The van der Waals surface area contributed by atoms with E-state index in [2.05, 4.69) is 6.92 Å². The van der Waals surface area contributed by atoms with E-state index in [1.807, 2.05) is 0 Å². The van der Waals surface area contributed by atoms with Crippen LogP contribution in [0.3, 0.4) is 0 Å². The minimum absolute atomic E-state index is 1.05. The van der Waals surface area contributed by atoms with Gasteiger partial charge in [-0.3, -0.25) is 0 Å². The number of rotatable bonds is 1. The van der Waals surface area contributed by atoms with Crippen LogP contribution < -0.4 is 0 Å². The number of hydrogen-bond acceptors (Lipinski definition) is 0. The summed E-state index contributed by atoms with van der Waals surface area (Å²) in [5, 5.41) is 0. The van der Waals surface area contributed by atoms with Gasteiger partial charge in [-0.15, -0.1) is 0 Å². The summed E-state index contributed by atoms with van der Waals surface area (Å²) in [5.74, 6) is 16.9. The van der Waals surface area contributed by atoms with Gasteiger partial charge >= 0.3 is 0 Å². The fourth-order valence-electron chi connectivity index (χ4n) is 14.7. The third-order valence-corrected chi connectivity index (χ3v) is 15.9. The van der Waals surface area contributed by atoms with Gasteiger partial charge in [-0.2, -0.15) is 0 Å². The molecule has 0 aromatic heterocycles. The first-order valence-corrected chi connectivity index (χ1v) is 18.3. The van der Waals surface area contributed by atoms with Crippen LogP contribution in [-0.2, 0) is 0 Å². The van der Waals surface area contributed by atoms with Gasteiger partial charge < -0.3 is 0 Å². The lowest BCUT2D eigenvalue weighted by Crippen LogP contribution is -2.58. The molecule has 0 aromatic carbocycles. The maximum absolute atomic E-state index is 2.81. The van der Waals surface area contributed by atoms with Crippen LogP contribution in [0, 0.1) is 88.8 Å². The standard InChI is InChI=1S/C37H60/c1-23-27-15-7-10-18-30(27)37(24-11-3-2-4-12-24)36-22-34-29-17-9-8-16-28(29)32-19-25-13-5-6-14-26(25)20-33(32)35(34)21-31(23)36/h23-37H,2-22H2,1H3. The van der Waals surface area contributed by atoms with Crippen molar-refractivity contribution in [1.82, 2.24) is 0 Å². The van der Waals surface area contributed by atoms with Crippen molar-refractivity contribution in [2.24, 2.45) is 88.8 Å². The van der Waals surface area contributed by atoms with Crippen molar-refractivity contribution in [2.45, 2.75) is 142 Å². The molecule has 0 heterocycles. The summed E-state index contributed by atoms with van der Waals surface area (Å²) in [7, 11) is 0. The van der Waals surface area contributed by atoms with Crippen LogP contribution in [-0.4, -0.2) is 0 Å². The van der Waals surface area contributed by atoms with Gasteiger partial charge in [0, 0.05) is 0 Å². The van der Waals surface area contributed by atoms with Crippen LogP contribution in [0.1, 0.15) is 142 Å². The average molecular weight is 505 g/mol. The van der Waals surface area contributed by atoms with Gasteiger partial charge in [-0.25, -0.2) is 0 Å². The summed E-state index contributed by atoms with van der Waals surface area (Å²) in [5.41, 5.74) is 0. The summed E-state index contributed by atoms with van der Waals surface area (Å²) in [6.45, 7) is 2.81. The van der Waals surface area contributed by atoms with Crippen LogP contribution in [0.5, 0.6) is 0 Å². The van der Waals surface area contributed by atoms with Gasteiger partial charge in [0.2, 0.25) is 0 Å². The first-order valence-electron chi connectivity index (χ1n) is 18.3. The Morgan fingerprint density at radius 2 is 0.730 bits per heavy atom. The minimum Gasteiger partial charge on any atom is -0.0620 e. The highest BCUT2D eigenvalue weighted by Gasteiger charge is 2.60. The summed E-state index contributed by atoms with van der Waals surface area (Å²) < 4.78 is 0. The van der Waals surface area contributed by atoms with Gasteiger partial charge in [0.15, 0.2) is 0 Å². The van der Waals surface area contributed by atoms with E-state index < -0.39 is 0 Å². The molecule has 0 nitrogen and oxygen atoms in total. The first-order chi connectivity index (χ1) is 18.3. The highest BCUT2D eigenvalue weighted by molar-refractivity contribution is 5.09. The van der Waals surface area contributed by atoms with E-state index in [0.29, 0.717) is 0 Å². The molecule has 0 amide bonds. The van der Waals surface area contributed by atoms with Crippen molar-refractivity contribution in [3.05, 3.63) is 0 Å². The molecule has 8 fully saturated rings. The van der Waals surface area contributed by atoms with E-state index >= 15 is 0 Å². The SMILES string of the molecule is CC1C2CCCCC2C(C2CCCCC2)C2CC3C4CCCCC4C4CC5CCCCC5CC4C3CC12. The Morgan fingerprint density at radius 1 is 0.297 bits per heavy atom. The summed E-state index contributed by atoms with van der Waals surface area (Å²) in [6.07, 6.45) is 33.8. The smallest absolute Gasteiger partial charge is 0.0323 e. The molecule has 0 aromatic rings. The van der Waals surface area contributed by atoms with Gasteiger partial charge in [-0.05, 0) is 140 Å². The lowest BCUT2D eigenvalue weighted by molar-refractivity contribution is -0.165. The molecule has 0 radical (unpaired) electrons. The molecule has 0 N–H and O–H groups in total. The van der Waals surface area contributed by atoms with Crippen molar-refractivity contribution >= 4 is 0 Å². The Hall–Kier alpha value is 0. The molecule has 0 saturated heterocycles. The molecule has 208 valence electrons. The minimum atomic E-state index is 1.05. The molecular weight excluding hydrogens is 444 g/mol. The lowest BCUT2D eigenvalue weighted by Gasteiger charge is -2.65. The van der Waals surface area contributed by atoms with Crippen LogP contribution in [0.2, 0.25) is 0 Å². The van der Waals surface area contributed by atoms with Gasteiger partial charge in [0.25, 0.3) is 0 Å². The second-order valence-electron chi connectivity index (χ2n) is 16.8. The zero-order chi connectivity index (χ0) is 24.5. The van der Waals surface area contributed by atoms with Crippen molar-refractivity contribution in [3.63, 3.8) is 0 Å². The van der Waals surface area contributed by atoms with Gasteiger partial charge in [0.05, 0.1) is 0 Å². The number of fused-ring (bicyclic) bond motifs is 9. The predicted molar refractivity (Wildman–Crippen MR) is 155 cm³/mol. The predicted octanol–water partition coefficient (Wildman–Crippen LogP) is 10.6. The fourth-order valence-corrected chi connectivity index (χ4v) is 14.7. The normalized spacial score (nSPS) is 56.0. The Labute approximate surface area is 230 Å². The first kappa shape index (κ1) is 24.8. The molecule has 8 rings (SSSR count). The Kier molecular flexibility index (Phi) is 6.78. The van der Waals surface area contributed by atoms with E-state index in [1.54, 1.807) is 135 Å². The maximum atomic E-state index is 2.81. The monoisotopic (exact) mass is 504 g/mol. The second kappa shape index (κ2) is 10.1. The highest BCUT2D eigenvalue weighted by Crippen LogP contribution is 2.68. The quantitative estimate of drug-likeness (QED) is 0.333. The van der Waals surface area contributed by atoms with Crippen LogP contribution in [0.15, 0.2) is 0 Å². The third kappa shape index (κ3) is 4.08. The molecule has 0 aliphatic heterocycles. The fraction of sp³-hybridized carbons (Fsp3) is 1.00. The molecular formula is C37H60. The zero-order valence-corrected chi connectivity index (χ0v) is 24.5. The summed E-state index contributed by atoms with van der Waals surface area (Å²) >= 11 is 0. The van der Waals surface area contributed by atoms with Crippen molar-refractivity contribution < 1.29 is 0 Å². The lowest BCUT2D eigenvalue weighted by atomic mass is 9.40. The Bertz CT molecular complexity index is 792. The zero-order valence-electron chi connectivity index (χ0n) is 24.5. The number of hydrogen-bond donors (Lipinski definition) is 0.